The second kappa shape index (κ2) is 5.13. The Morgan fingerprint density at radius 2 is 2.10 bits per heavy atom. The maximum absolute atomic E-state index is 6.04. The smallest absolute Gasteiger partial charge is 0.136 e. The second-order valence-electron chi connectivity index (χ2n) is 5.18. The average molecular weight is 296 g/mol. The minimum absolute atomic E-state index is 0.646. The van der Waals surface area contributed by atoms with Crippen molar-refractivity contribution in [2.75, 3.05) is 13.2 Å². The normalized spacial score (nSPS) is 13.4. The first-order chi connectivity index (χ1) is 10.4. The minimum atomic E-state index is 0.646. The zero-order valence-electron chi connectivity index (χ0n) is 11.6. The van der Waals surface area contributed by atoms with Crippen LogP contribution >= 0.6 is 11.3 Å². The van der Waals surface area contributed by atoms with E-state index in [0.717, 1.165) is 40.2 Å². The Bertz CT molecular complexity index is 810. The number of hydrogen-bond donors (Lipinski definition) is 1. The highest BCUT2D eigenvalue weighted by molar-refractivity contribution is 7.12. The van der Waals surface area contributed by atoms with E-state index >= 15 is 0 Å². The van der Waals surface area contributed by atoms with E-state index in [0.29, 0.717) is 13.2 Å². The van der Waals surface area contributed by atoms with Crippen LogP contribution in [0.4, 0.5) is 0 Å². The first kappa shape index (κ1) is 12.8. The van der Waals surface area contributed by atoms with Crippen molar-refractivity contribution < 1.29 is 4.74 Å². The van der Waals surface area contributed by atoms with Gasteiger partial charge in [0.25, 0.3) is 0 Å². The molecule has 1 aliphatic heterocycles. The van der Waals surface area contributed by atoms with Crippen molar-refractivity contribution in [1.82, 2.24) is 4.98 Å². The van der Waals surface area contributed by atoms with Crippen molar-refractivity contribution in [2.45, 2.75) is 12.8 Å². The number of thiazole rings is 1. The molecule has 0 radical (unpaired) electrons. The Morgan fingerprint density at radius 1 is 1.19 bits per heavy atom. The Balaban J connectivity index is 1.95. The maximum atomic E-state index is 6.04. The number of rotatable bonds is 2. The minimum Gasteiger partial charge on any atom is -0.492 e. The summed E-state index contributed by atoms with van der Waals surface area (Å²) >= 11 is 1.77. The van der Waals surface area contributed by atoms with Crippen LogP contribution in [0.15, 0.2) is 36.4 Å². The van der Waals surface area contributed by atoms with Gasteiger partial charge >= 0.3 is 0 Å². The Kier molecular flexibility index (Phi) is 3.13. The van der Waals surface area contributed by atoms with E-state index in [1.54, 1.807) is 11.3 Å². The lowest BCUT2D eigenvalue weighted by atomic mass is 10.0. The maximum Gasteiger partial charge on any atom is 0.136 e. The third kappa shape index (κ3) is 2.11. The largest absolute Gasteiger partial charge is 0.492 e. The molecular weight excluding hydrogens is 280 g/mol. The SMILES string of the molecule is NCCc1nc2c(s1)CCOc1c-2ccc2ccccc12. The molecule has 1 aliphatic rings. The molecule has 4 rings (SSSR count). The number of hydrogen-bond acceptors (Lipinski definition) is 4. The molecule has 0 unspecified atom stereocenters. The van der Waals surface area contributed by atoms with E-state index < -0.39 is 0 Å². The zero-order valence-corrected chi connectivity index (χ0v) is 12.5. The summed E-state index contributed by atoms with van der Waals surface area (Å²) < 4.78 is 6.04. The molecule has 0 saturated heterocycles. The lowest BCUT2D eigenvalue weighted by Crippen LogP contribution is -2.02. The van der Waals surface area contributed by atoms with Crippen molar-refractivity contribution in [3.8, 4) is 17.0 Å². The number of nitrogens with two attached hydrogens (primary N) is 1. The summed E-state index contributed by atoms with van der Waals surface area (Å²) in [5, 5.41) is 3.50. The monoisotopic (exact) mass is 296 g/mol. The predicted molar refractivity (Wildman–Crippen MR) is 87.0 cm³/mol. The Hall–Kier alpha value is -1.91. The van der Waals surface area contributed by atoms with Crippen molar-refractivity contribution in [2.24, 2.45) is 5.73 Å². The van der Waals surface area contributed by atoms with E-state index in [1.807, 2.05) is 0 Å². The fourth-order valence-corrected chi connectivity index (χ4v) is 3.92. The van der Waals surface area contributed by atoms with Crippen LogP contribution in [0.5, 0.6) is 5.75 Å². The molecule has 3 nitrogen and oxygen atoms in total. The topological polar surface area (TPSA) is 48.1 Å². The molecule has 0 spiro atoms. The molecule has 4 heteroatoms. The predicted octanol–water partition coefficient (Wildman–Crippen LogP) is 3.40. The molecule has 3 aromatic rings. The van der Waals surface area contributed by atoms with Gasteiger partial charge in [0.2, 0.25) is 0 Å². The van der Waals surface area contributed by atoms with Crippen LogP contribution in [0.2, 0.25) is 0 Å². The van der Waals surface area contributed by atoms with Gasteiger partial charge in [-0.3, -0.25) is 0 Å². The van der Waals surface area contributed by atoms with Gasteiger partial charge in [0, 0.05) is 28.7 Å². The van der Waals surface area contributed by atoms with E-state index in [2.05, 4.69) is 36.4 Å². The number of nitrogens with zero attached hydrogens (tertiary/aromatic N) is 1. The zero-order chi connectivity index (χ0) is 14.2. The third-order valence-corrected chi connectivity index (χ3v) is 4.98. The summed E-state index contributed by atoms with van der Waals surface area (Å²) in [6.45, 7) is 1.35. The van der Waals surface area contributed by atoms with Gasteiger partial charge < -0.3 is 10.5 Å². The number of aromatic nitrogens is 1. The summed E-state index contributed by atoms with van der Waals surface area (Å²) in [6, 6.07) is 12.6. The lowest BCUT2D eigenvalue weighted by molar-refractivity contribution is 0.331. The van der Waals surface area contributed by atoms with Crippen LogP contribution in [-0.4, -0.2) is 18.1 Å². The summed E-state index contributed by atoms with van der Waals surface area (Å²) in [4.78, 5) is 6.12. The summed E-state index contributed by atoms with van der Waals surface area (Å²) in [5.74, 6) is 0.969. The average Bonchev–Trinajstić information content (AvgIpc) is 2.82. The van der Waals surface area contributed by atoms with Crippen molar-refractivity contribution >= 4 is 22.1 Å². The van der Waals surface area contributed by atoms with Crippen molar-refractivity contribution in [3.05, 3.63) is 46.3 Å². The lowest BCUT2D eigenvalue weighted by Gasteiger charge is -2.10. The molecular formula is C17H16N2OS. The molecule has 21 heavy (non-hydrogen) atoms. The molecule has 0 amide bonds. The molecule has 0 atom stereocenters. The van der Waals surface area contributed by atoms with Gasteiger partial charge in [0.1, 0.15) is 5.75 Å². The van der Waals surface area contributed by atoms with Crippen LogP contribution < -0.4 is 10.5 Å². The summed E-state index contributed by atoms with van der Waals surface area (Å²) in [5.41, 5.74) is 7.86. The van der Waals surface area contributed by atoms with E-state index in [1.165, 1.54) is 10.3 Å². The van der Waals surface area contributed by atoms with Crippen LogP contribution in [0, 0.1) is 0 Å². The van der Waals surface area contributed by atoms with Crippen molar-refractivity contribution in [1.29, 1.82) is 0 Å². The first-order valence-corrected chi connectivity index (χ1v) is 8.02. The fourth-order valence-electron chi connectivity index (χ4n) is 2.84. The Labute approximate surface area is 127 Å². The van der Waals surface area contributed by atoms with Crippen molar-refractivity contribution in [3.63, 3.8) is 0 Å². The number of ether oxygens (including phenoxy) is 1. The molecule has 0 aliphatic carbocycles. The van der Waals surface area contributed by atoms with Gasteiger partial charge in [-0.2, -0.15) is 0 Å². The van der Waals surface area contributed by atoms with E-state index in [4.69, 9.17) is 15.5 Å². The van der Waals surface area contributed by atoms with Gasteiger partial charge in [-0.1, -0.05) is 30.3 Å². The number of fused-ring (bicyclic) bond motifs is 5. The van der Waals surface area contributed by atoms with Crippen LogP contribution in [0.1, 0.15) is 9.88 Å². The molecule has 0 bridgehead atoms. The molecule has 2 heterocycles. The van der Waals surface area contributed by atoms with Crippen LogP contribution in [0.3, 0.4) is 0 Å². The second-order valence-corrected chi connectivity index (χ2v) is 6.35. The standard InChI is InChI=1S/C17H16N2OS/c18-9-7-15-19-16-13-6-5-11-3-1-2-4-12(11)17(13)20-10-8-14(16)21-15/h1-6H,7-10,18H2. The third-order valence-electron chi connectivity index (χ3n) is 3.81. The Morgan fingerprint density at radius 3 is 3.00 bits per heavy atom. The van der Waals surface area contributed by atoms with Gasteiger partial charge in [0.15, 0.2) is 0 Å². The molecule has 1 aromatic heterocycles. The van der Waals surface area contributed by atoms with Gasteiger partial charge in [0.05, 0.1) is 17.3 Å². The number of benzene rings is 2. The van der Waals surface area contributed by atoms with Crippen LogP contribution in [-0.2, 0) is 12.8 Å². The molecule has 0 saturated carbocycles. The summed E-state index contributed by atoms with van der Waals surface area (Å²) in [7, 11) is 0. The van der Waals surface area contributed by atoms with Gasteiger partial charge in [-0.05, 0) is 18.0 Å². The highest BCUT2D eigenvalue weighted by Crippen LogP contribution is 2.41. The fraction of sp³-hybridized carbons (Fsp3) is 0.235. The van der Waals surface area contributed by atoms with Gasteiger partial charge in [-0.15, -0.1) is 11.3 Å². The van der Waals surface area contributed by atoms with E-state index in [-0.39, 0.29) is 0 Å². The molecule has 2 N–H and O–H groups in total. The van der Waals surface area contributed by atoms with E-state index in [9.17, 15) is 0 Å². The molecule has 0 fully saturated rings. The molecule has 106 valence electrons. The molecule has 2 aromatic carbocycles. The van der Waals surface area contributed by atoms with Crippen LogP contribution in [0.25, 0.3) is 22.0 Å². The first-order valence-electron chi connectivity index (χ1n) is 7.20. The highest BCUT2D eigenvalue weighted by Gasteiger charge is 2.21. The summed E-state index contributed by atoms with van der Waals surface area (Å²) in [6.07, 6.45) is 1.77. The van der Waals surface area contributed by atoms with Gasteiger partial charge in [-0.25, -0.2) is 4.98 Å². The highest BCUT2D eigenvalue weighted by atomic mass is 32.1. The quantitative estimate of drug-likeness (QED) is 0.788.